The van der Waals surface area contributed by atoms with Crippen molar-refractivity contribution in [2.75, 3.05) is 0 Å². The van der Waals surface area contributed by atoms with Crippen LogP contribution in [0.3, 0.4) is 0 Å². The van der Waals surface area contributed by atoms with Crippen LogP contribution >= 0.6 is 0 Å². The molecule has 0 bridgehead atoms. The van der Waals surface area contributed by atoms with E-state index in [9.17, 15) is 23.4 Å². The van der Waals surface area contributed by atoms with E-state index in [2.05, 4.69) is 19.9 Å². The molecule has 0 aromatic rings. The quantitative estimate of drug-likeness (QED) is 0.435. The molecule has 0 aliphatic heterocycles. The van der Waals surface area contributed by atoms with Crippen LogP contribution in [0.25, 0.3) is 0 Å². The van der Waals surface area contributed by atoms with Gasteiger partial charge in [0.2, 0.25) is 0 Å². The fourth-order valence-corrected chi connectivity index (χ4v) is 8.43. The topological polar surface area (TPSA) is 40.5 Å². The summed E-state index contributed by atoms with van der Waals surface area (Å²) in [6.07, 6.45) is 7.47. The minimum absolute atomic E-state index is 0.225. The smallest absolute Gasteiger partial charge is 0.393 e. The Morgan fingerprint density at radius 3 is 2.47 bits per heavy atom. The van der Waals surface area contributed by atoms with Crippen molar-refractivity contribution < 1.29 is 23.4 Å². The number of halogens is 3. The molecule has 4 rings (SSSR count). The van der Waals surface area contributed by atoms with Crippen LogP contribution in [0.1, 0.15) is 98.3 Å². The number of fused-ring (bicyclic) bond motifs is 5. The molecule has 0 spiro atoms. The molecule has 2 N–H and O–H groups in total. The van der Waals surface area contributed by atoms with Crippen molar-refractivity contribution in [1.82, 2.24) is 0 Å². The summed E-state index contributed by atoms with van der Waals surface area (Å²) in [5.74, 6) is 1.01. The molecule has 0 aromatic carbocycles. The number of aliphatic hydroxyl groups is 2. The van der Waals surface area contributed by atoms with E-state index in [-0.39, 0.29) is 17.3 Å². The molecule has 2 nitrogen and oxygen atoms in total. The van der Waals surface area contributed by atoms with Crippen molar-refractivity contribution in [2.24, 2.45) is 40.4 Å². The highest BCUT2D eigenvalue weighted by Gasteiger charge is 2.58. The molecule has 0 saturated heterocycles. The Bertz CT molecular complexity index is 729. The fraction of sp³-hybridized carbons (Fsp3) is 0.926. The number of hydrogen-bond donors (Lipinski definition) is 2. The van der Waals surface area contributed by atoms with Crippen LogP contribution in [0.15, 0.2) is 11.6 Å². The molecule has 6 unspecified atom stereocenters. The zero-order valence-corrected chi connectivity index (χ0v) is 20.3. The molecular formula is C27H43F3O2. The Morgan fingerprint density at radius 2 is 1.78 bits per heavy atom. The first-order chi connectivity index (χ1) is 14.8. The minimum atomic E-state index is -4.32. The van der Waals surface area contributed by atoms with Crippen molar-refractivity contribution in [3.63, 3.8) is 0 Å². The number of hydrogen-bond acceptors (Lipinski definition) is 2. The van der Waals surface area contributed by atoms with Gasteiger partial charge < -0.3 is 10.2 Å². The van der Waals surface area contributed by atoms with Crippen LogP contribution in [0.2, 0.25) is 0 Å². The van der Waals surface area contributed by atoms with Crippen LogP contribution in [-0.4, -0.2) is 28.1 Å². The number of rotatable bonds is 5. The second kappa shape index (κ2) is 8.29. The van der Waals surface area contributed by atoms with Gasteiger partial charge in [0, 0.05) is 0 Å². The van der Waals surface area contributed by atoms with E-state index < -0.39 is 23.8 Å². The number of aliphatic hydroxyl groups excluding tert-OH is 1. The van der Waals surface area contributed by atoms with E-state index in [1.807, 2.05) is 6.92 Å². The van der Waals surface area contributed by atoms with Crippen molar-refractivity contribution in [3.8, 4) is 0 Å². The van der Waals surface area contributed by atoms with E-state index in [0.717, 1.165) is 39.0 Å². The lowest BCUT2D eigenvalue weighted by atomic mass is 9.46. The molecule has 184 valence electrons. The Morgan fingerprint density at radius 1 is 1.06 bits per heavy atom. The van der Waals surface area contributed by atoms with Gasteiger partial charge in [-0.3, -0.25) is 0 Å². The molecule has 0 heterocycles. The zero-order valence-electron chi connectivity index (χ0n) is 20.3. The summed E-state index contributed by atoms with van der Waals surface area (Å²) < 4.78 is 38.6. The highest BCUT2D eigenvalue weighted by atomic mass is 19.4. The van der Waals surface area contributed by atoms with Gasteiger partial charge in [0.1, 0.15) is 0 Å². The van der Waals surface area contributed by atoms with Crippen LogP contribution < -0.4 is 0 Å². The average molecular weight is 457 g/mol. The van der Waals surface area contributed by atoms with Crippen LogP contribution in [-0.2, 0) is 0 Å². The Hall–Kier alpha value is -0.550. The summed E-state index contributed by atoms with van der Waals surface area (Å²) in [7, 11) is 0. The second-order valence-electron chi connectivity index (χ2n) is 12.6. The van der Waals surface area contributed by atoms with Gasteiger partial charge in [-0.05, 0) is 106 Å². The summed E-state index contributed by atoms with van der Waals surface area (Å²) >= 11 is 0. The molecule has 32 heavy (non-hydrogen) atoms. The van der Waals surface area contributed by atoms with E-state index in [4.69, 9.17) is 0 Å². The SMILES string of the molecule is CC(C(O)CCC[C@H]1CCC2[C@@H]3CC=C4C[C@@](C)(O)CCC4(C)C3CCC21C)C(F)(F)F. The number of alkyl halides is 3. The van der Waals surface area contributed by atoms with Gasteiger partial charge >= 0.3 is 6.18 Å². The normalized spacial score (nSPS) is 46.0. The highest BCUT2D eigenvalue weighted by Crippen LogP contribution is 2.67. The fourth-order valence-electron chi connectivity index (χ4n) is 8.43. The molecule has 9 atom stereocenters. The van der Waals surface area contributed by atoms with E-state index in [1.54, 1.807) is 0 Å². The zero-order chi connectivity index (χ0) is 23.5. The summed E-state index contributed by atoms with van der Waals surface area (Å²) in [6.45, 7) is 7.97. The summed E-state index contributed by atoms with van der Waals surface area (Å²) in [5.41, 5.74) is 1.43. The third-order valence-corrected chi connectivity index (χ3v) is 10.7. The summed E-state index contributed by atoms with van der Waals surface area (Å²) in [6, 6.07) is 0. The maximum Gasteiger partial charge on any atom is 0.394 e. The maximum absolute atomic E-state index is 12.9. The largest absolute Gasteiger partial charge is 0.394 e. The minimum Gasteiger partial charge on any atom is -0.393 e. The van der Waals surface area contributed by atoms with Crippen LogP contribution in [0, 0.1) is 40.4 Å². The average Bonchev–Trinajstić information content (AvgIpc) is 3.03. The van der Waals surface area contributed by atoms with Crippen LogP contribution in [0.5, 0.6) is 0 Å². The van der Waals surface area contributed by atoms with Crippen molar-refractivity contribution in [1.29, 1.82) is 0 Å². The molecule has 3 saturated carbocycles. The predicted molar refractivity (Wildman–Crippen MR) is 121 cm³/mol. The summed E-state index contributed by atoms with van der Waals surface area (Å²) in [5, 5.41) is 20.6. The second-order valence-corrected chi connectivity index (χ2v) is 12.6. The third-order valence-electron chi connectivity index (χ3n) is 10.7. The molecule has 0 aromatic heterocycles. The molecular weight excluding hydrogens is 413 g/mol. The van der Waals surface area contributed by atoms with Gasteiger partial charge in [-0.2, -0.15) is 13.2 Å². The van der Waals surface area contributed by atoms with Crippen LogP contribution in [0.4, 0.5) is 13.2 Å². The van der Waals surface area contributed by atoms with Gasteiger partial charge in [0.25, 0.3) is 0 Å². The number of allylic oxidation sites excluding steroid dienone is 1. The predicted octanol–water partition coefficient (Wildman–Crippen LogP) is 7.05. The van der Waals surface area contributed by atoms with Crippen molar-refractivity contribution in [3.05, 3.63) is 11.6 Å². The monoisotopic (exact) mass is 456 g/mol. The molecule has 5 heteroatoms. The molecule has 3 fully saturated rings. The lowest BCUT2D eigenvalue weighted by Gasteiger charge is -2.59. The van der Waals surface area contributed by atoms with Gasteiger partial charge in [0.15, 0.2) is 0 Å². The standard InChI is InChI=1S/C27H43F3O2/c1-17(27(28,29)30)23(31)7-5-6-18-9-11-21-20-10-8-19-16-24(2,32)14-15-26(19,4)22(20)12-13-25(18,21)3/h8,17-18,20-23,31-32H,5-7,9-16H2,1-4H3/t17?,18-,20-,21?,22?,23?,24-,25?,26?/m0/s1. The van der Waals surface area contributed by atoms with Gasteiger partial charge in [-0.15, -0.1) is 0 Å². The Kier molecular flexibility index (Phi) is 6.36. The first-order valence-electron chi connectivity index (χ1n) is 12.9. The molecule has 0 radical (unpaired) electrons. The summed E-state index contributed by atoms with van der Waals surface area (Å²) in [4.78, 5) is 0. The van der Waals surface area contributed by atoms with Gasteiger partial charge in [0.05, 0.1) is 17.6 Å². The lowest BCUT2D eigenvalue weighted by molar-refractivity contribution is -0.195. The maximum atomic E-state index is 12.9. The Balaban J connectivity index is 1.40. The van der Waals surface area contributed by atoms with Crippen molar-refractivity contribution in [2.45, 2.75) is 116 Å². The first kappa shape index (κ1) is 24.6. The van der Waals surface area contributed by atoms with Gasteiger partial charge in [-0.1, -0.05) is 38.8 Å². The Labute approximate surface area is 192 Å². The molecule has 0 amide bonds. The van der Waals surface area contributed by atoms with Gasteiger partial charge in [-0.25, -0.2) is 0 Å². The van der Waals surface area contributed by atoms with E-state index >= 15 is 0 Å². The third kappa shape index (κ3) is 4.19. The van der Waals surface area contributed by atoms with Crippen molar-refractivity contribution >= 4 is 0 Å². The highest BCUT2D eigenvalue weighted by molar-refractivity contribution is 5.26. The first-order valence-corrected chi connectivity index (χ1v) is 12.9. The molecule has 4 aliphatic carbocycles. The molecule has 4 aliphatic rings. The van der Waals surface area contributed by atoms with E-state index in [1.165, 1.54) is 31.3 Å². The van der Waals surface area contributed by atoms with E-state index in [0.29, 0.717) is 30.1 Å². The lowest BCUT2D eigenvalue weighted by Crippen LogP contribution is -2.51.